The number of amides is 2. The predicted molar refractivity (Wildman–Crippen MR) is 66.7 cm³/mol. The number of benzene rings is 1. The van der Waals surface area contributed by atoms with Crippen molar-refractivity contribution in [1.82, 2.24) is 0 Å². The molecule has 0 saturated carbocycles. The molecule has 0 atom stereocenters. The van der Waals surface area contributed by atoms with Crippen LogP contribution in [0, 0.1) is 17.2 Å². The van der Waals surface area contributed by atoms with Crippen molar-refractivity contribution >= 4 is 17.5 Å². The number of piperidine rings is 1. The van der Waals surface area contributed by atoms with Crippen molar-refractivity contribution in [2.24, 2.45) is 5.92 Å². The highest BCUT2D eigenvalue weighted by molar-refractivity contribution is 6.16. The van der Waals surface area contributed by atoms with Gasteiger partial charge in [0.2, 0.25) is 11.8 Å². The maximum Gasteiger partial charge on any atom is 0.234 e. The van der Waals surface area contributed by atoms with E-state index in [0.717, 1.165) is 5.56 Å². The molecule has 1 saturated heterocycles. The summed E-state index contributed by atoms with van der Waals surface area (Å²) in [4.78, 5) is 25.0. The molecule has 2 amide bonds. The summed E-state index contributed by atoms with van der Waals surface area (Å²) < 4.78 is 0. The molecule has 1 aliphatic heterocycles. The molecule has 4 nitrogen and oxygen atoms in total. The summed E-state index contributed by atoms with van der Waals surface area (Å²) in [5.41, 5.74) is 1.48. The van der Waals surface area contributed by atoms with Gasteiger partial charge in [-0.1, -0.05) is 19.1 Å². The fourth-order valence-electron chi connectivity index (χ4n) is 2.13. The fraction of sp³-hybridized carbons (Fsp3) is 0.357. The van der Waals surface area contributed by atoms with E-state index in [2.05, 4.69) is 6.07 Å². The van der Waals surface area contributed by atoms with Crippen LogP contribution in [0.15, 0.2) is 24.3 Å². The molecule has 1 aliphatic rings. The Labute approximate surface area is 106 Å². The Morgan fingerprint density at radius 1 is 1.22 bits per heavy atom. The Morgan fingerprint density at radius 3 is 2.28 bits per heavy atom. The predicted octanol–water partition coefficient (Wildman–Crippen LogP) is 2.04. The van der Waals surface area contributed by atoms with E-state index in [1.54, 1.807) is 24.3 Å². The highest BCUT2D eigenvalue weighted by atomic mass is 16.2. The van der Waals surface area contributed by atoms with Gasteiger partial charge < -0.3 is 0 Å². The molecule has 0 unspecified atom stereocenters. The lowest BCUT2D eigenvalue weighted by molar-refractivity contribution is -0.130. The minimum Gasteiger partial charge on any atom is -0.274 e. The molecule has 4 heteroatoms. The first kappa shape index (κ1) is 12.3. The van der Waals surface area contributed by atoms with Gasteiger partial charge in [-0.05, 0) is 23.6 Å². The van der Waals surface area contributed by atoms with E-state index >= 15 is 0 Å². The summed E-state index contributed by atoms with van der Waals surface area (Å²) in [7, 11) is 0. The third-order valence-electron chi connectivity index (χ3n) is 3.02. The topological polar surface area (TPSA) is 61.2 Å². The van der Waals surface area contributed by atoms with E-state index < -0.39 is 0 Å². The zero-order chi connectivity index (χ0) is 13.1. The largest absolute Gasteiger partial charge is 0.274 e. The van der Waals surface area contributed by atoms with Gasteiger partial charge in [0.1, 0.15) is 0 Å². The summed E-state index contributed by atoms with van der Waals surface area (Å²) >= 11 is 0. The van der Waals surface area contributed by atoms with E-state index in [-0.39, 0.29) is 17.7 Å². The van der Waals surface area contributed by atoms with Crippen LogP contribution in [0.25, 0.3) is 0 Å². The Kier molecular flexibility index (Phi) is 3.42. The van der Waals surface area contributed by atoms with Gasteiger partial charge in [-0.25, -0.2) is 0 Å². The van der Waals surface area contributed by atoms with Gasteiger partial charge in [0.15, 0.2) is 0 Å². The lowest BCUT2D eigenvalue weighted by atomic mass is 9.97. The molecule has 0 aliphatic carbocycles. The average Bonchev–Trinajstić information content (AvgIpc) is 2.30. The molecule has 1 heterocycles. The second-order valence-corrected chi connectivity index (χ2v) is 4.64. The highest BCUT2D eigenvalue weighted by Gasteiger charge is 2.31. The third kappa shape index (κ3) is 2.40. The molecule has 1 aromatic carbocycles. The van der Waals surface area contributed by atoms with Gasteiger partial charge >= 0.3 is 0 Å². The van der Waals surface area contributed by atoms with Crippen molar-refractivity contribution in [3.63, 3.8) is 0 Å². The van der Waals surface area contributed by atoms with Crippen molar-refractivity contribution in [1.29, 1.82) is 5.26 Å². The summed E-state index contributed by atoms with van der Waals surface area (Å²) in [6.45, 7) is 1.91. The van der Waals surface area contributed by atoms with Crippen LogP contribution >= 0.6 is 0 Å². The van der Waals surface area contributed by atoms with Crippen LogP contribution in [0.1, 0.15) is 25.3 Å². The maximum absolute atomic E-state index is 11.9. The Balaban J connectivity index is 2.23. The summed E-state index contributed by atoms with van der Waals surface area (Å²) in [5.74, 6) is -0.169. The number of nitrogens with zero attached hydrogens (tertiary/aromatic N) is 2. The highest BCUT2D eigenvalue weighted by Crippen LogP contribution is 2.25. The number of carbonyl (C=O) groups excluding carboxylic acids is 2. The Morgan fingerprint density at radius 2 is 1.78 bits per heavy atom. The molecule has 1 fully saturated rings. The molecule has 0 radical (unpaired) electrons. The monoisotopic (exact) mass is 242 g/mol. The number of hydrogen-bond acceptors (Lipinski definition) is 3. The Bertz CT molecular complexity index is 496. The second kappa shape index (κ2) is 5.01. The number of rotatable bonds is 2. The number of nitriles is 1. The molecular weight excluding hydrogens is 228 g/mol. The molecule has 0 bridgehead atoms. The SMILES string of the molecule is CC1CC(=O)N(c2ccc(CC#N)cc2)C(=O)C1. The number of hydrogen-bond donors (Lipinski definition) is 0. The molecule has 92 valence electrons. The molecule has 1 aromatic rings. The van der Waals surface area contributed by atoms with Gasteiger partial charge in [-0.2, -0.15) is 5.26 Å². The maximum atomic E-state index is 11.9. The van der Waals surface area contributed by atoms with Crippen LogP contribution in [0.3, 0.4) is 0 Å². The van der Waals surface area contributed by atoms with E-state index in [1.165, 1.54) is 4.90 Å². The van der Waals surface area contributed by atoms with E-state index in [4.69, 9.17) is 5.26 Å². The number of anilines is 1. The van der Waals surface area contributed by atoms with Crippen molar-refractivity contribution in [2.75, 3.05) is 4.90 Å². The molecule has 0 spiro atoms. The summed E-state index contributed by atoms with van der Waals surface area (Å²) in [6.07, 6.45) is 1.15. The first-order valence-electron chi connectivity index (χ1n) is 5.93. The zero-order valence-electron chi connectivity index (χ0n) is 10.2. The van der Waals surface area contributed by atoms with Gasteiger partial charge in [0.05, 0.1) is 18.2 Å². The lowest BCUT2D eigenvalue weighted by Gasteiger charge is -2.28. The zero-order valence-corrected chi connectivity index (χ0v) is 10.2. The van der Waals surface area contributed by atoms with Crippen molar-refractivity contribution in [2.45, 2.75) is 26.2 Å². The van der Waals surface area contributed by atoms with Crippen molar-refractivity contribution in [3.05, 3.63) is 29.8 Å². The number of imide groups is 1. The van der Waals surface area contributed by atoms with Gasteiger partial charge in [0.25, 0.3) is 0 Å². The average molecular weight is 242 g/mol. The first-order chi connectivity index (χ1) is 8.61. The van der Waals surface area contributed by atoms with E-state index in [1.807, 2.05) is 6.92 Å². The first-order valence-corrected chi connectivity index (χ1v) is 5.93. The van der Waals surface area contributed by atoms with Crippen LogP contribution in [0.5, 0.6) is 0 Å². The van der Waals surface area contributed by atoms with Crippen molar-refractivity contribution in [3.8, 4) is 6.07 Å². The summed E-state index contributed by atoms with van der Waals surface area (Å²) in [5, 5.41) is 8.58. The van der Waals surface area contributed by atoms with Gasteiger partial charge in [0, 0.05) is 12.8 Å². The van der Waals surface area contributed by atoms with E-state index in [0.29, 0.717) is 24.9 Å². The molecule has 2 rings (SSSR count). The normalized spacial score (nSPS) is 16.8. The van der Waals surface area contributed by atoms with Crippen LogP contribution in [0.4, 0.5) is 5.69 Å². The quantitative estimate of drug-likeness (QED) is 0.745. The van der Waals surface area contributed by atoms with Crippen LogP contribution < -0.4 is 4.90 Å². The van der Waals surface area contributed by atoms with Crippen LogP contribution in [-0.4, -0.2) is 11.8 Å². The molecule has 18 heavy (non-hydrogen) atoms. The smallest absolute Gasteiger partial charge is 0.234 e. The standard InChI is InChI=1S/C14H14N2O2/c1-10-8-13(17)16(14(18)9-10)12-4-2-11(3-5-12)6-7-15/h2-5,10H,6,8-9H2,1H3. The summed E-state index contributed by atoms with van der Waals surface area (Å²) in [6, 6.07) is 9.05. The minimum absolute atomic E-state index is 0.124. The van der Waals surface area contributed by atoms with Crippen LogP contribution in [0.2, 0.25) is 0 Å². The third-order valence-corrected chi connectivity index (χ3v) is 3.02. The second-order valence-electron chi connectivity index (χ2n) is 4.64. The number of carbonyl (C=O) groups is 2. The minimum atomic E-state index is -0.146. The molecule has 0 aromatic heterocycles. The van der Waals surface area contributed by atoms with Gasteiger partial charge in [-0.15, -0.1) is 0 Å². The lowest BCUT2D eigenvalue weighted by Crippen LogP contribution is -2.42. The van der Waals surface area contributed by atoms with E-state index in [9.17, 15) is 9.59 Å². The molecule has 0 N–H and O–H groups in total. The Hall–Kier alpha value is -2.15. The van der Waals surface area contributed by atoms with Gasteiger partial charge in [-0.3, -0.25) is 14.5 Å². The molecular formula is C14H14N2O2. The van der Waals surface area contributed by atoms with Crippen LogP contribution in [-0.2, 0) is 16.0 Å². The fourth-order valence-corrected chi connectivity index (χ4v) is 2.13. The van der Waals surface area contributed by atoms with Crippen molar-refractivity contribution < 1.29 is 9.59 Å².